The van der Waals surface area contributed by atoms with Gasteiger partial charge in [-0.1, -0.05) is 39.0 Å². The number of aliphatic hydroxyl groups excluding tert-OH is 1. The number of hydrogen-bond donors (Lipinski definition) is 1. The summed E-state index contributed by atoms with van der Waals surface area (Å²) in [7, 11) is 0. The summed E-state index contributed by atoms with van der Waals surface area (Å²) in [5.41, 5.74) is 0. The fourth-order valence-electron chi connectivity index (χ4n) is 3.45. The second kappa shape index (κ2) is 20.5. The van der Waals surface area contributed by atoms with E-state index < -0.39 is 0 Å². The standard InChI is InChI=1S/C23H44O5S/c1-4-6-9-13-21(28-20(3)25)14-12-16-22(29-19-18-24)15-10-7-8-11-17-23(26)27-5-2/h21-22,24H,4-19H2,1-3H3. The molecule has 6 heteroatoms. The molecule has 0 radical (unpaired) electrons. The minimum Gasteiger partial charge on any atom is -0.466 e. The summed E-state index contributed by atoms with van der Waals surface area (Å²) in [5.74, 6) is 0.503. The molecule has 0 aliphatic rings. The van der Waals surface area contributed by atoms with E-state index >= 15 is 0 Å². The van der Waals surface area contributed by atoms with Crippen LogP contribution in [0, 0.1) is 0 Å². The van der Waals surface area contributed by atoms with Crippen molar-refractivity contribution in [1.82, 2.24) is 0 Å². The lowest BCUT2D eigenvalue weighted by atomic mass is 10.0. The maximum Gasteiger partial charge on any atom is 0.305 e. The zero-order valence-electron chi connectivity index (χ0n) is 19.0. The van der Waals surface area contributed by atoms with Gasteiger partial charge in [-0.2, -0.15) is 11.8 Å². The van der Waals surface area contributed by atoms with E-state index in [1.807, 2.05) is 18.7 Å². The first-order chi connectivity index (χ1) is 14.0. The van der Waals surface area contributed by atoms with Gasteiger partial charge in [-0.25, -0.2) is 0 Å². The molecule has 2 atom stereocenters. The zero-order chi connectivity index (χ0) is 21.7. The van der Waals surface area contributed by atoms with Gasteiger partial charge < -0.3 is 14.6 Å². The van der Waals surface area contributed by atoms with Crippen molar-refractivity contribution in [2.75, 3.05) is 19.0 Å². The van der Waals surface area contributed by atoms with Crippen LogP contribution in [0.5, 0.6) is 0 Å². The van der Waals surface area contributed by atoms with Crippen molar-refractivity contribution in [3.05, 3.63) is 0 Å². The summed E-state index contributed by atoms with van der Waals surface area (Å²) in [5, 5.41) is 9.71. The molecule has 0 aromatic rings. The SMILES string of the molecule is CCCCCC(CCCC(CCCCCCC(=O)OCC)SCCO)OC(C)=O. The molecule has 29 heavy (non-hydrogen) atoms. The molecule has 1 N–H and O–H groups in total. The molecule has 0 amide bonds. The van der Waals surface area contributed by atoms with Crippen LogP contribution in [0.15, 0.2) is 0 Å². The number of aliphatic hydroxyl groups is 1. The van der Waals surface area contributed by atoms with Crippen LogP contribution in [0.3, 0.4) is 0 Å². The number of ether oxygens (including phenoxy) is 2. The predicted octanol–water partition coefficient (Wildman–Crippen LogP) is 5.67. The Hall–Kier alpha value is -0.750. The molecular formula is C23H44O5S. The Morgan fingerprint density at radius 2 is 1.55 bits per heavy atom. The van der Waals surface area contributed by atoms with Crippen molar-refractivity contribution in [2.45, 2.75) is 116 Å². The highest BCUT2D eigenvalue weighted by Gasteiger charge is 2.14. The molecule has 0 aliphatic heterocycles. The summed E-state index contributed by atoms with van der Waals surface area (Å²) in [6.45, 7) is 6.18. The van der Waals surface area contributed by atoms with Gasteiger partial charge in [0.25, 0.3) is 0 Å². The van der Waals surface area contributed by atoms with Gasteiger partial charge in [-0.05, 0) is 51.9 Å². The number of thioether (sulfide) groups is 1. The lowest BCUT2D eigenvalue weighted by Gasteiger charge is -2.20. The maximum atomic E-state index is 11.3. The molecule has 2 unspecified atom stereocenters. The second-order valence-electron chi connectivity index (χ2n) is 7.63. The topological polar surface area (TPSA) is 72.8 Å². The van der Waals surface area contributed by atoms with Crippen LogP contribution >= 0.6 is 11.8 Å². The number of carbonyl (C=O) groups excluding carboxylic acids is 2. The van der Waals surface area contributed by atoms with Crippen molar-refractivity contribution >= 4 is 23.7 Å². The highest BCUT2D eigenvalue weighted by atomic mass is 32.2. The molecule has 0 saturated heterocycles. The van der Waals surface area contributed by atoms with E-state index in [4.69, 9.17) is 14.6 Å². The van der Waals surface area contributed by atoms with Crippen LogP contribution in [0.2, 0.25) is 0 Å². The van der Waals surface area contributed by atoms with E-state index in [9.17, 15) is 9.59 Å². The fraction of sp³-hybridized carbons (Fsp3) is 0.913. The van der Waals surface area contributed by atoms with E-state index in [1.165, 1.54) is 19.8 Å². The molecule has 0 aromatic heterocycles. The highest BCUT2D eigenvalue weighted by molar-refractivity contribution is 7.99. The molecule has 0 aliphatic carbocycles. The molecule has 0 spiro atoms. The average molecular weight is 433 g/mol. The highest BCUT2D eigenvalue weighted by Crippen LogP contribution is 2.25. The van der Waals surface area contributed by atoms with E-state index in [-0.39, 0.29) is 24.6 Å². The molecule has 5 nitrogen and oxygen atoms in total. The monoisotopic (exact) mass is 432 g/mol. The largest absolute Gasteiger partial charge is 0.466 e. The quantitative estimate of drug-likeness (QED) is 0.197. The van der Waals surface area contributed by atoms with Gasteiger partial charge in [0.1, 0.15) is 6.10 Å². The Balaban J connectivity index is 4.11. The smallest absolute Gasteiger partial charge is 0.305 e. The first-order valence-electron chi connectivity index (χ1n) is 11.6. The van der Waals surface area contributed by atoms with Crippen molar-refractivity contribution in [3.8, 4) is 0 Å². The summed E-state index contributed by atoms with van der Waals surface area (Å²) in [4.78, 5) is 22.7. The van der Waals surface area contributed by atoms with Gasteiger partial charge in [0, 0.05) is 24.3 Å². The first-order valence-corrected chi connectivity index (χ1v) is 12.6. The van der Waals surface area contributed by atoms with Gasteiger partial charge >= 0.3 is 11.9 Å². The molecule has 0 aromatic carbocycles. The van der Waals surface area contributed by atoms with Gasteiger partial charge in [0.05, 0.1) is 13.2 Å². The van der Waals surface area contributed by atoms with Crippen LogP contribution in [0.25, 0.3) is 0 Å². The van der Waals surface area contributed by atoms with Gasteiger partial charge in [0.15, 0.2) is 0 Å². The van der Waals surface area contributed by atoms with Gasteiger partial charge in [-0.3, -0.25) is 9.59 Å². The van der Waals surface area contributed by atoms with Crippen LogP contribution in [-0.4, -0.2) is 47.4 Å². The Labute approximate surface area is 182 Å². The number of hydrogen-bond acceptors (Lipinski definition) is 6. The Kier molecular flexibility index (Phi) is 20.0. The minimum absolute atomic E-state index is 0.0467. The minimum atomic E-state index is -0.180. The van der Waals surface area contributed by atoms with Crippen LogP contribution in [0.4, 0.5) is 0 Å². The van der Waals surface area contributed by atoms with Crippen molar-refractivity contribution in [2.24, 2.45) is 0 Å². The Morgan fingerprint density at radius 3 is 2.21 bits per heavy atom. The zero-order valence-corrected chi connectivity index (χ0v) is 19.8. The molecule has 172 valence electrons. The van der Waals surface area contributed by atoms with Gasteiger partial charge in [0.2, 0.25) is 0 Å². The lowest BCUT2D eigenvalue weighted by Crippen LogP contribution is -2.17. The lowest BCUT2D eigenvalue weighted by molar-refractivity contribution is -0.147. The number of rotatable bonds is 20. The molecule has 0 rings (SSSR count). The maximum absolute atomic E-state index is 11.3. The summed E-state index contributed by atoms with van der Waals surface area (Å²) in [6, 6.07) is 0. The number of carbonyl (C=O) groups is 2. The first kappa shape index (κ1) is 28.2. The van der Waals surface area contributed by atoms with E-state index in [1.54, 1.807) is 0 Å². The Bertz CT molecular complexity index is 403. The number of unbranched alkanes of at least 4 members (excludes halogenated alkanes) is 5. The predicted molar refractivity (Wildman–Crippen MR) is 121 cm³/mol. The summed E-state index contributed by atoms with van der Waals surface area (Å²) in [6.07, 6.45) is 13.4. The molecule has 0 fully saturated rings. The summed E-state index contributed by atoms with van der Waals surface area (Å²) >= 11 is 1.85. The van der Waals surface area contributed by atoms with E-state index in [0.29, 0.717) is 18.3 Å². The average Bonchev–Trinajstić information content (AvgIpc) is 2.67. The molecule has 0 saturated carbocycles. The van der Waals surface area contributed by atoms with Crippen LogP contribution in [-0.2, 0) is 19.1 Å². The Morgan fingerprint density at radius 1 is 0.897 bits per heavy atom. The third-order valence-electron chi connectivity index (χ3n) is 4.92. The van der Waals surface area contributed by atoms with Crippen LogP contribution in [0.1, 0.15) is 104 Å². The van der Waals surface area contributed by atoms with Crippen molar-refractivity contribution in [1.29, 1.82) is 0 Å². The molecule has 0 bridgehead atoms. The molecule has 0 heterocycles. The van der Waals surface area contributed by atoms with Gasteiger partial charge in [-0.15, -0.1) is 0 Å². The van der Waals surface area contributed by atoms with Crippen molar-refractivity contribution in [3.63, 3.8) is 0 Å². The molecular weight excluding hydrogens is 388 g/mol. The van der Waals surface area contributed by atoms with E-state index in [0.717, 1.165) is 70.0 Å². The van der Waals surface area contributed by atoms with E-state index in [2.05, 4.69) is 6.92 Å². The number of esters is 2. The van der Waals surface area contributed by atoms with Crippen LogP contribution < -0.4 is 0 Å². The van der Waals surface area contributed by atoms with Crippen molar-refractivity contribution < 1.29 is 24.2 Å². The normalized spacial score (nSPS) is 13.1. The third-order valence-corrected chi connectivity index (χ3v) is 6.28. The fourth-order valence-corrected chi connectivity index (χ4v) is 4.56. The summed E-state index contributed by atoms with van der Waals surface area (Å²) < 4.78 is 10.5. The third kappa shape index (κ3) is 19.0. The second-order valence-corrected chi connectivity index (χ2v) is 9.04.